The molecule has 0 bridgehead atoms. The van der Waals surface area contributed by atoms with E-state index in [4.69, 9.17) is 12.2 Å². The maximum Gasteiger partial charge on any atom is 0.213 e. The fraction of sp³-hybridized carbons (Fsp3) is 0.500. The third kappa shape index (κ3) is 2.99. The molecular weight excluding hydrogens is 254 g/mol. The Morgan fingerprint density at radius 2 is 2.06 bits per heavy atom. The zero-order chi connectivity index (χ0) is 12.4. The molecule has 2 aromatic heterocycles. The van der Waals surface area contributed by atoms with E-state index in [0.29, 0.717) is 4.77 Å². The van der Waals surface area contributed by atoms with E-state index in [1.165, 1.54) is 0 Å². The summed E-state index contributed by atoms with van der Waals surface area (Å²) in [6.45, 7) is 3.00. The van der Waals surface area contributed by atoms with Crippen LogP contribution in [-0.2, 0) is 6.42 Å². The van der Waals surface area contributed by atoms with Crippen molar-refractivity contribution in [2.75, 3.05) is 20.6 Å². The summed E-state index contributed by atoms with van der Waals surface area (Å²) >= 11 is 6.62. The van der Waals surface area contributed by atoms with Crippen molar-refractivity contribution in [3.8, 4) is 10.7 Å². The smallest absolute Gasteiger partial charge is 0.213 e. The third-order valence-corrected chi connectivity index (χ3v) is 3.75. The van der Waals surface area contributed by atoms with Gasteiger partial charge in [-0.3, -0.25) is 10.2 Å². The quantitative estimate of drug-likeness (QED) is 0.834. The average molecular weight is 269 g/mol. The Balaban J connectivity index is 2.22. The van der Waals surface area contributed by atoms with Gasteiger partial charge in [-0.1, -0.05) is 0 Å². The number of aryl methyl sites for hydroxylation is 1. The molecule has 92 valence electrons. The summed E-state index contributed by atoms with van der Waals surface area (Å²) < 4.78 is 0.475. The minimum atomic E-state index is 0.475. The van der Waals surface area contributed by atoms with Crippen molar-refractivity contribution in [3.05, 3.63) is 15.5 Å². The second kappa shape index (κ2) is 5.07. The average Bonchev–Trinajstić information content (AvgIpc) is 2.82. The zero-order valence-corrected chi connectivity index (χ0v) is 11.7. The van der Waals surface area contributed by atoms with Gasteiger partial charge in [0.1, 0.15) is 0 Å². The normalized spacial score (nSPS) is 11.3. The summed E-state index contributed by atoms with van der Waals surface area (Å²) in [4.78, 5) is 12.0. The van der Waals surface area contributed by atoms with Crippen LogP contribution in [0.3, 0.4) is 0 Å². The maximum atomic E-state index is 4.95. The van der Waals surface area contributed by atoms with Crippen LogP contribution >= 0.6 is 23.6 Å². The Morgan fingerprint density at radius 3 is 2.65 bits per heavy atom. The summed E-state index contributed by atoms with van der Waals surface area (Å²) in [5.41, 5.74) is 1.00. The molecule has 0 radical (unpaired) electrons. The SMILES string of the molecule is Cc1nc(CCN(C)C)sc1-c1nc(=S)[nH][nH]1. The van der Waals surface area contributed by atoms with Gasteiger partial charge in [-0.05, 0) is 33.2 Å². The fourth-order valence-corrected chi connectivity index (χ4v) is 2.62. The van der Waals surface area contributed by atoms with Gasteiger partial charge >= 0.3 is 0 Å². The highest BCUT2D eigenvalue weighted by Crippen LogP contribution is 2.27. The Labute approximate surface area is 109 Å². The first kappa shape index (κ1) is 12.4. The van der Waals surface area contributed by atoms with Crippen molar-refractivity contribution in [3.63, 3.8) is 0 Å². The second-order valence-corrected chi connectivity index (χ2v) is 5.56. The molecule has 0 unspecified atom stereocenters. The van der Waals surface area contributed by atoms with Crippen molar-refractivity contribution in [2.24, 2.45) is 0 Å². The van der Waals surface area contributed by atoms with Gasteiger partial charge in [0.15, 0.2) is 5.82 Å². The minimum Gasteiger partial charge on any atom is -0.309 e. The Morgan fingerprint density at radius 1 is 1.29 bits per heavy atom. The molecule has 0 aromatic carbocycles. The maximum absolute atomic E-state index is 4.95. The van der Waals surface area contributed by atoms with E-state index in [1.54, 1.807) is 11.3 Å². The highest BCUT2D eigenvalue weighted by Gasteiger charge is 2.12. The molecule has 0 fully saturated rings. The van der Waals surface area contributed by atoms with E-state index in [-0.39, 0.29) is 0 Å². The van der Waals surface area contributed by atoms with Crippen LogP contribution in [0.25, 0.3) is 10.7 Å². The summed E-state index contributed by atoms with van der Waals surface area (Å²) in [5, 5.41) is 6.90. The van der Waals surface area contributed by atoms with Gasteiger partial charge in [-0.15, -0.1) is 11.3 Å². The topological polar surface area (TPSA) is 60.6 Å². The Kier molecular flexibility index (Phi) is 3.70. The highest BCUT2D eigenvalue weighted by molar-refractivity contribution is 7.71. The van der Waals surface area contributed by atoms with Crippen LogP contribution in [0.5, 0.6) is 0 Å². The summed E-state index contributed by atoms with van der Waals surface area (Å²) in [5.74, 6) is 0.779. The lowest BCUT2D eigenvalue weighted by atomic mass is 10.4. The number of H-pyrrole nitrogens is 2. The van der Waals surface area contributed by atoms with Crippen molar-refractivity contribution in [1.29, 1.82) is 0 Å². The number of nitrogens with zero attached hydrogens (tertiary/aromatic N) is 3. The van der Waals surface area contributed by atoms with Crippen molar-refractivity contribution >= 4 is 23.6 Å². The van der Waals surface area contributed by atoms with Crippen LogP contribution in [-0.4, -0.2) is 45.7 Å². The number of thiazole rings is 1. The van der Waals surface area contributed by atoms with Crippen LogP contribution in [0, 0.1) is 11.7 Å². The van der Waals surface area contributed by atoms with Gasteiger partial charge < -0.3 is 4.90 Å². The van der Waals surface area contributed by atoms with E-state index >= 15 is 0 Å². The number of hydrogen-bond donors (Lipinski definition) is 2. The lowest BCUT2D eigenvalue weighted by molar-refractivity contribution is 0.413. The molecule has 0 atom stereocenters. The predicted octanol–water partition coefficient (Wildman–Crippen LogP) is 2.00. The first-order valence-electron chi connectivity index (χ1n) is 5.32. The molecule has 0 aliphatic carbocycles. The molecular formula is C10H15N5S2. The Bertz CT molecular complexity index is 551. The van der Waals surface area contributed by atoms with Gasteiger partial charge in [0, 0.05) is 13.0 Å². The van der Waals surface area contributed by atoms with Crippen molar-refractivity contribution in [2.45, 2.75) is 13.3 Å². The molecule has 2 N–H and O–H groups in total. The van der Waals surface area contributed by atoms with Crippen molar-refractivity contribution < 1.29 is 0 Å². The molecule has 17 heavy (non-hydrogen) atoms. The van der Waals surface area contributed by atoms with Crippen LogP contribution in [0.2, 0.25) is 0 Å². The summed E-state index contributed by atoms with van der Waals surface area (Å²) in [6, 6.07) is 0. The van der Waals surface area contributed by atoms with Crippen LogP contribution in [0.4, 0.5) is 0 Å². The molecule has 0 aliphatic rings. The van der Waals surface area contributed by atoms with Gasteiger partial charge in [-0.25, -0.2) is 4.98 Å². The number of aromatic amines is 2. The number of hydrogen-bond acceptors (Lipinski definition) is 5. The molecule has 0 amide bonds. The lowest BCUT2D eigenvalue weighted by Crippen LogP contribution is -2.14. The van der Waals surface area contributed by atoms with Crippen LogP contribution < -0.4 is 0 Å². The Hall–Kier alpha value is -1.05. The summed E-state index contributed by atoms with van der Waals surface area (Å²) in [7, 11) is 4.12. The fourth-order valence-electron chi connectivity index (χ4n) is 1.48. The van der Waals surface area contributed by atoms with Gasteiger partial charge in [0.05, 0.1) is 15.6 Å². The summed E-state index contributed by atoms with van der Waals surface area (Å²) in [6.07, 6.45) is 0.962. The molecule has 0 aliphatic heterocycles. The number of aromatic nitrogens is 4. The molecule has 0 saturated heterocycles. The van der Waals surface area contributed by atoms with Crippen molar-refractivity contribution in [1.82, 2.24) is 25.1 Å². The molecule has 7 heteroatoms. The number of nitrogens with one attached hydrogen (secondary N) is 2. The van der Waals surface area contributed by atoms with E-state index < -0.39 is 0 Å². The van der Waals surface area contributed by atoms with E-state index in [1.807, 2.05) is 6.92 Å². The highest BCUT2D eigenvalue weighted by atomic mass is 32.1. The molecule has 0 saturated carbocycles. The van der Waals surface area contributed by atoms with Crippen LogP contribution in [0.1, 0.15) is 10.7 Å². The first-order valence-corrected chi connectivity index (χ1v) is 6.55. The standard InChI is InChI=1S/C10H15N5S2/c1-6-8(9-12-10(16)14-13-9)17-7(11-6)4-5-15(2)3/h4-5H2,1-3H3,(H2,12,13,14,16). The van der Waals surface area contributed by atoms with E-state index in [0.717, 1.165) is 34.4 Å². The van der Waals surface area contributed by atoms with E-state index in [9.17, 15) is 0 Å². The lowest BCUT2D eigenvalue weighted by Gasteiger charge is -2.06. The molecule has 2 aromatic rings. The zero-order valence-electron chi connectivity index (χ0n) is 10.1. The molecule has 5 nitrogen and oxygen atoms in total. The van der Waals surface area contributed by atoms with Crippen LogP contribution in [0.15, 0.2) is 0 Å². The number of likely N-dealkylation sites (N-methyl/N-ethyl adjacent to an activating group) is 1. The number of rotatable bonds is 4. The predicted molar refractivity (Wildman–Crippen MR) is 71.9 cm³/mol. The molecule has 0 spiro atoms. The molecule has 2 rings (SSSR count). The second-order valence-electron chi connectivity index (χ2n) is 4.09. The monoisotopic (exact) mass is 269 g/mol. The van der Waals surface area contributed by atoms with Gasteiger partial charge in [0.2, 0.25) is 4.77 Å². The first-order chi connectivity index (χ1) is 8.06. The van der Waals surface area contributed by atoms with Gasteiger partial charge in [0.25, 0.3) is 0 Å². The minimum absolute atomic E-state index is 0.475. The largest absolute Gasteiger partial charge is 0.309 e. The third-order valence-electron chi connectivity index (χ3n) is 2.33. The van der Waals surface area contributed by atoms with E-state index in [2.05, 4.69) is 39.2 Å². The molecule has 2 heterocycles. The van der Waals surface area contributed by atoms with Gasteiger partial charge in [-0.2, -0.15) is 4.98 Å².